The summed E-state index contributed by atoms with van der Waals surface area (Å²) in [6.07, 6.45) is -1.56. The van der Waals surface area contributed by atoms with Crippen molar-refractivity contribution in [2.45, 2.75) is 25.8 Å². The maximum absolute atomic E-state index is 12.6. The van der Waals surface area contributed by atoms with E-state index >= 15 is 0 Å². The van der Waals surface area contributed by atoms with Crippen LogP contribution in [0.3, 0.4) is 0 Å². The largest absolute Gasteiger partial charge is 0.305 e. The summed E-state index contributed by atoms with van der Waals surface area (Å²) in [5, 5.41) is 2.80. The number of hydrogen-bond donors (Lipinski definition) is 1. The van der Waals surface area contributed by atoms with E-state index in [9.17, 15) is 8.78 Å². The van der Waals surface area contributed by atoms with E-state index in [4.69, 9.17) is 11.6 Å². The molecule has 1 aromatic heterocycles. The Morgan fingerprint density at radius 3 is 2.64 bits per heavy atom. The second-order valence-electron chi connectivity index (χ2n) is 2.91. The van der Waals surface area contributed by atoms with Crippen molar-refractivity contribution >= 4 is 22.9 Å². The van der Waals surface area contributed by atoms with Crippen molar-refractivity contribution in [1.29, 1.82) is 0 Å². The smallest absolute Gasteiger partial charge is 0.258 e. The maximum Gasteiger partial charge on any atom is 0.258 e. The summed E-state index contributed by atoms with van der Waals surface area (Å²) in [6.45, 7) is 2.53. The summed E-state index contributed by atoms with van der Waals surface area (Å²) in [5.74, 6) is 0. The third kappa shape index (κ3) is 3.19. The molecule has 0 aliphatic rings. The predicted molar refractivity (Wildman–Crippen MR) is 56.4 cm³/mol. The predicted octanol–water partition coefficient (Wildman–Crippen LogP) is 3.71. The lowest BCUT2D eigenvalue weighted by molar-refractivity contribution is 0.100. The Morgan fingerprint density at radius 1 is 1.50 bits per heavy atom. The molecule has 80 valence electrons. The lowest BCUT2D eigenvalue weighted by Gasteiger charge is -2.15. The van der Waals surface area contributed by atoms with Crippen molar-refractivity contribution in [1.82, 2.24) is 5.32 Å². The quantitative estimate of drug-likeness (QED) is 0.826. The zero-order valence-electron chi connectivity index (χ0n) is 7.77. The first-order valence-corrected chi connectivity index (χ1v) is 5.61. The summed E-state index contributed by atoms with van der Waals surface area (Å²) in [6, 6.07) is 2.41. The molecule has 1 unspecified atom stereocenters. The molecule has 5 heteroatoms. The number of alkyl halides is 2. The van der Waals surface area contributed by atoms with Gasteiger partial charge in [0.15, 0.2) is 0 Å². The zero-order chi connectivity index (χ0) is 10.6. The molecular weight excluding hydrogens is 228 g/mol. The topological polar surface area (TPSA) is 12.0 Å². The van der Waals surface area contributed by atoms with Gasteiger partial charge in [-0.2, -0.15) is 0 Å². The molecule has 1 heterocycles. The number of nitrogens with one attached hydrogen (secondary N) is 1. The first kappa shape index (κ1) is 11.9. The first-order valence-electron chi connectivity index (χ1n) is 4.42. The van der Waals surface area contributed by atoms with Gasteiger partial charge in [0.1, 0.15) is 6.04 Å². The number of rotatable bonds is 5. The molecule has 0 amide bonds. The molecule has 1 N–H and O–H groups in total. The van der Waals surface area contributed by atoms with Gasteiger partial charge in [-0.1, -0.05) is 18.5 Å². The molecule has 0 saturated carbocycles. The minimum atomic E-state index is -2.39. The van der Waals surface area contributed by atoms with E-state index in [-0.39, 0.29) is 0 Å². The lowest BCUT2D eigenvalue weighted by atomic mass is 10.2. The van der Waals surface area contributed by atoms with Crippen molar-refractivity contribution in [3.05, 3.63) is 21.3 Å². The maximum atomic E-state index is 12.6. The molecule has 0 saturated heterocycles. The molecule has 0 aromatic carbocycles. The van der Waals surface area contributed by atoms with Crippen LogP contribution >= 0.6 is 22.9 Å². The van der Waals surface area contributed by atoms with Crippen LogP contribution in [0.1, 0.15) is 24.3 Å². The van der Waals surface area contributed by atoms with Crippen molar-refractivity contribution in [3.63, 3.8) is 0 Å². The first-order chi connectivity index (χ1) is 6.65. The molecule has 0 aliphatic heterocycles. The van der Waals surface area contributed by atoms with E-state index < -0.39 is 12.5 Å². The van der Waals surface area contributed by atoms with E-state index in [2.05, 4.69) is 5.32 Å². The second kappa shape index (κ2) is 5.63. The summed E-state index contributed by atoms with van der Waals surface area (Å²) in [4.78, 5) is 0.596. The summed E-state index contributed by atoms with van der Waals surface area (Å²) < 4.78 is 25.8. The van der Waals surface area contributed by atoms with Gasteiger partial charge >= 0.3 is 0 Å². The van der Waals surface area contributed by atoms with Crippen LogP contribution in [-0.4, -0.2) is 13.0 Å². The highest BCUT2D eigenvalue weighted by molar-refractivity contribution is 7.16. The molecule has 0 radical (unpaired) electrons. The molecule has 1 atom stereocenters. The Kier molecular flexibility index (Phi) is 4.78. The van der Waals surface area contributed by atoms with Crippen LogP contribution in [0.2, 0.25) is 4.34 Å². The van der Waals surface area contributed by atoms with Gasteiger partial charge < -0.3 is 5.32 Å². The van der Waals surface area contributed by atoms with E-state index in [0.29, 0.717) is 15.8 Å². The van der Waals surface area contributed by atoms with Crippen LogP contribution in [0.15, 0.2) is 12.1 Å². The van der Waals surface area contributed by atoms with Gasteiger partial charge in [-0.25, -0.2) is 8.78 Å². The van der Waals surface area contributed by atoms with E-state index in [1.54, 1.807) is 12.1 Å². The molecule has 1 rings (SSSR count). The number of thiophene rings is 1. The van der Waals surface area contributed by atoms with Crippen LogP contribution in [-0.2, 0) is 0 Å². The highest BCUT2D eigenvalue weighted by Crippen LogP contribution is 2.30. The van der Waals surface area contributed by atoms with Gasteiger partial charge in [0, 0.05) is 4.88 Å². The summed E-state index contributed by atoms with van der Waals surface area (Å²) >= 11 is 6.89. The van der Waals surface area contributed by atoms with Crippen LogP contribution in [0.4, 0.5) is 8.78 Å². The Labute approximate surface area is 91.1 Å². The van der Waals surface area contributed by atoms with E-state index in [1.807, 2.05) is 6.92 Å². The Balaban J connectivity index is 2.67. The SMILES string of the molecule is CCCNC(c1ccc(Cl)s1)C(F)F. The van der Waals surface area contributed by atoms with Gasteiger partial charge in [-0.05, 0) is 25.1 Å². The monoisotopic (exact) mass is 239 g/mol. The van der Waals surface area contributed by atoms with Crippen molar-refractivity contribution in [2.75, 3.05) is 6.54 Å². The van der Waals surface area contributed by atoms with Gasteiger partial charge in [0.25, 0.3) is 6.43 Å². The Bertz CT molecular complexity index is 278. The van der Waals surface area contributed by atoms with E-state index in [0.717, 1.165) is 6.42 Å². The molecule has 1 nitrogen and oxygen atoms in total. The Hall–Kier alpha value is -0.190. The average Bonchev–Trinajstić information content (AvgIpc) is 2.52. The third-order valence-electron chi connectivity index (χ3n) is 1.77. The van der Waals surface area contributed by atoms with E-state index in [1.165, 1.54) is 11.3 Å². The fraction of sp³-hybridized carbons (Fsp3) is 0.556. The summed E-state index contributed by atoms with van der Waals surface area (Å²) in [7, 11) is 0. The molecular formula is C9H12ClF2NS. The zero-order valence-corrected chi connectivity index (χ0v) is 9.34. The molecule has 1 aromatic rings. The highest BCUT2D eigenvalue weighted by Gasteiger charge is 2.22. The highest BCUT2D eigenvalue weighted by atomic mass is 35.5. The Morgan fingerprint density at radius 2 is 2.21 bits per heavy atom. The lowest BCUT2D eigenvalue weighted by Crippen LogP contribution is -2.27. The fourth-order valence-corrected chi connectivity index (χ4v) is 2.25. The van der Waals surface area contributed by atoms with Crippen LogP contribution < -0.4 is 5.32 Å². The molecule has 0 fully saturated rings. The van der Waals surface area contributed by atoms with Gasteiger partial charge in [0.05, 0.1) is 4.34 Å². The molecule has 0 spiro atoms. The van der Waals surface area contributed by atoms with Crippen molar-refractivity contribution in [2.24, 2.45) is 0 Å². The van der Waals surface area contributed by atoms with Crippen LogP contribution in [0.25, 0.3) is 0 Å². The summed E-state index contributed by atoms with van der Waals surface area (Å²) in [5.41, 5.74) is 0. The molecule has 14 heavy (non-hydrogen) atoms. The van der Waals surface area contributed by atoms with Crippen LogP contribution in [0.5, 0.6) is 0 Å². The van der Waals surface area contributed by atoms with Gasteiger partial charge in [-0.3, -0.25) is 0 Å². The minimum Gasteiger partial charge on any atom is -0.305 e. The molecule has 0 aliphatic carbocycles. The third-order valence-corrected chi connectivity index (χ3v) is 3.08. The fourth-order valence-electron chi connectivity index (χ4n) is 1.11. The average molecular weight is 240 g/mol. The minimum absolute atomic E-state index is 0.545. The van der Waals surface area contributed by atoms with Crippen LogP contribution in [0, 0.1) is 0 Å². The van der Waals surface area contributed by atoms with Crippen molar-refractivity contribution in [3.8, 4) is 0 Å². The van der Waals surface area contributed by atoms with Crippen molar-refractivity contribution < 1.29 is 8.78 Å². The molecule has 0 bridgehead atoms. The standard InChI is InChI=1S/C9H12ClF2NS/c1-2-5-13-8(9(11)12)6-3-4-7(10)14-6/h3-4,8-9,13H,2,5H2,1H3. The number of hydrogen-bond acceptors (Lipinski definition) is 2. The second-order valence-corrected chi connectivity index (χ2v) is 4.65. The van der Waals surface area contributed by atoms with Gasteiger partial charge in [-0.15, -0.1) is 11.3 Å². The number of halogens is 3. The normalized spacial score (nSPS) is 13.5. The van der Waals surface area contributed by atoms with Gasteiger partial charge in [0.2, 0.25) is 0 Å².